The van der Waals surface area contributed by atoms with Crippen molar-refractivity contribution in [1.82, 2.24) is 14.9 Å². The molecule has 3 aromatic rings. The van der Waals surface area contributed by atoms with Crippen LogP contribution < -0.4 is 5.32 Å². The average Bonchev–Trinajstić information content (AvgIpc) is 2.65. The SMILES string of the molecule is O=C(Nc1ccc(Br)cc1F)N(Cc1ccccn1)Cc1ccccn1. The van der Waals surface area contributed by atoms with E-state index in [1.54, 1.807) is 18.5 Å². The number of nitrogens with one attached hydrogen (secondary N) is 1. The van der Waals surface area contributed by atoms with Crippen LogP contribution in [0.4, 0.5) is 14.9 Å². The van der Waals surface area contributed by atoms with E-state index in [9.17, 15) is 9.18 Å². The Kier molecular flexibility index (Phi) is 5.91. The van der Waals surface area contributed by atoms with Crippen molar-refractivity contribution in [1.29, 1.82) is 0 Å². The fourth-order valence-corrected chi connectivity index (χ4v) is 2.69. The number of rotatable bonds is 5. The Morgan fingerprint density at radius 1 is 1.00 bits per heavy atom. The minimum Gasteiger partial charge on any atom is -0.313 e. The lowest BCUT2D eigenvalue weighted by Crippen LogP contribution is -2.34. The van der Waals surface area contributed by atoms with Crippen molar-refractivity contribution < 1.29 is 9.18 Å². The molecule has 0 saturated carbocycles. The van der Waals surface area contributed by atoms with Gasteiger partial charge in [0.25, 0.3) is 0 Å². The lowest BCUT2D eigenvalue weighted by Gasteiger charge is -2.22. The molecule has 0 saturated heterocycles. The lowest BCUT2D eigenvalue weighted by atomic mass is 10.3. The molecule has 5 nitrogen and oxygen atoms in total. The van der Waals surface area contributed by atoms with E-state index in [1.807, 2.05) is 36.4 Å². The fourth-order valence-electron chi connectivity index (χ4n) is 2.36. The zero-order valence-electron chi connectivity index (χ0n) is 13.8. The molecule has 0 radical (unpaired) electrons. The number of hydrogen-bond acceptors (Lipinski definition) is 3. The number of carbonyl (C=O) groups is 1. The molecule has 2 heterocycles. The number of nitrogens with zero attached hydrogens (tertiary/aromatic N) is 3. The number of aromatic nitrogens is 2. The van der Waals surface area contributed by atoms with E-state index in [4.69, 9.17) is 0 Å². The first-order chi connectivity index (χ1) is 12.6. The maximum atomic E-state index is 14.0. The zero-order chi connectivity index (χ0) is 18.4. The molecule has 3 rings (SSSR count). The topological polar surface area (TPSA) is 58.1 Å². The van der Waals surface area contributed by atoms with Gasteiger partial charge in [-0.2, -0.15) is 0 Å². The van der Waals surface area contributed by atoms with E-state index in [0.29, 0.717) is 4.47 Å². The third-order valence-corrected chi connectivity index (χ3v) is 4.11. The van der Waals surface area contributed by atoms with E-state index in [1.165, 1.54) is 17.0 Å². The summed E-state index contributed by atoms with van der Waals surface area (Å²) in [7, 11) is 0. The molecule has 0 aliphatic rings. The molecule has 0 atom stereocenters. The number of anilines is 1. The van der Waals surface area contributed by atoms with Crippen LogP contribution in [0.15, 0.2) is 71.5 Å². The number of hydrogen-bond donors (Lipinski definition) is 1. The van der Waals surface area contributed by atoms with Gasteiger partial charge in [-0.3, -0.25) is 9.97 Å². The summed E-state index contributed by atoms with van der Waals surface area (Å²) in [5.41, 5.74) is 1.58. The van der Waals surface area contributed by atoms with Gasteiger partial charge in [0.1, 0.15) is 5.82 Å². The van der Waals surface area contributed by atoms with Crippen molar-refractivity contribution in [3.8, 4) is 0 Å². The Hall–Kier alpha value is -2.80. The smallest absolute Gasteiger partial charge is 0.313 e. The first-order valence-electron chi connectivity index (χ1n) is 7.92. The van der Waals surface area contributed by atoms with Gasteiger partial charge in [-0.15, -0.1) is 0 Å². The van der Waals surface area contributed by atoms with Crippen LogP contribution in [0.3, 0.4) is 0 Å². The second-order valence-electron chi connectivity index (χ2n) is 5.55. The first kappa shape index (κ1) is 18.0. The molecule has 2 amide bonds. The van der Waals surface area contributed by atoms with E-state index < -0.39 is 11.8 Å². The van der Waals surface area contributed by atoms with Crippen molar-refractivity contribution in [2.75, 3.05) is 5.32 Å². The summed E-state index contributed by atoms with van der Waals surface area (Å²) in [5.74, 6) is -0.511. The van der Waals surface area contributed by atoms with Gasteiger partial charge in [-0.05, 0) is 42.5 Å². The second-order valence-corrected chi connectivity index (χ2v) is 6.47. The monoisotopic (exact) mass is 414 g/mol. The number of carbonyl (C=O) groups excluding carboxylic acids is 1. The third kappa shape index (κ3) is 4.86. The van der Waals surface area contributed by atoms with E-state index in [0.717, 1.165) is 11.4 Å². The van der Waals surface area contributed by atoms with Gasteiger partial charge in [-0.1, -0.05) is 28.1 Å². The standard InChI is InChI=1S/C19H16BrFN4O/c20-14-7-8-18(17(21)11-14)24-19(26)25(12-15-5-1-3-9-22-15)13-16-6-2-4-10-23-16/h1-11H,12-13H2,(H,24,26). The van der Waals surface area contributed by atoms with Gasteiger partial charge in [0.05, 0.1) is 30.2 Å². The molecular formula is C19H16BrFN4O. The Morgan fingerprint density at radius 2 is 1.62 bits per heavy atom. The summed E-state index contributed by atoms with van der Waals surface area (Å²) in [6, 6.07) is 15.0. The van der Waals surface area contributed by atoms with Gasteiger partial charge < -0.3 is 10.2 Å². The Balaban J connectivity index is 1.80. The molecule has 0 spiro atoms. The molecule has 1 aromatic carbocycles. The summed E-state index contributed by atoms with van der Waals surface area (Å²) in [6.07, 6.45) is 3.33. The van der Waals surface area contributed by atoms with Crippen molar-refractivity contribution in [3.05, 3.63) is 88.7 Å². The fraction of sp³-hybridized carbons (Fsp3) is 0.105. The quantitative estimate of drug-likeness (QED) is 0.662. The van der Waals surface area contributed by atoms with Gasteiger partial charge in [0.15, 0.2) is 0 Å². The molecule has 26 heavy (non-hydrogen) atoms. The highest BCUT2D eigenvalue weighted by Crippen LogP contribution is 2.20. The number of halogens is 2. The average molecular weight is 415 g/mol. The third-order valence-electron chi connectivity index (χ3n) is 3.62. The minimum atomic E-state index is -0.511. The van der Waals surface area contributed by atoms with Crippen LogP contribution in [-0.4, -0.2) is 20.9 Å². The first-order valence-corrected chi connectivity index (χ1v) is 8.72. The number of benzene rings is 1. The summed E-state index contributed by atoms with van der Waals surface area (Å²) in [5, 5.41) is 2.61. The Labute approximate surface area is 159 Å². The zero-order valence-corrected chi connectivity index (χ0v) is 15.4. The predicted molar refractivity (Wildman–Crippen MR) is 101 cm³/mol. The molecule has 132 valence electrons. The van der Waals surface area contributed by atoms with Crippen LogP contribution in [0, 0.1) is 5.82 Å². The summed E-state index contributed by atoms with van der Waals surface area (Å²) in [6.45, 7) is 0.558. The highest BCUT2D eigenvalue weighted by atomic mass is 79.9. The highest BCUT2D eigenvalue weighted by Gasteiger charge is 2.17. The predicted octanol–water partition coefficient (Wildman–Crippen LogP) is 4.61. The van der Waals surface area contributed by atoms with Gasteiger partial charge in [0, 0.05) is 16.9 Å². The van der Waals surface area contributed by atoms with Gasteiger partial charge in [-0.25, -0.2) is 9.18 Å². The van der Waals surface area contributed by atoms with Crippen LogP contribution in [-0.2, 0) is 13.1 Å². The van der Waals surface area contributed by atoms with Crippen molar-refractivity contribution in [3.63, 3.8) is 0 Å². The summed E-state index contributed by atoms with van der Waals surface area (Å²) in [4.78, 5) is 22.8. The summed E-state index contributed by atoms with van der Waals surface area (Å²) >= 11 is 3.20. The Morgan fingerprint density at radius 3 is 2.12 bits per heavy atom. The molecule has 0 aliphatic heterocycles. The maximum absolute atomic E-state index is 14.0. The van der Waals surface area contributed by atoms with E-state index in [2.05, 4.69) is 31.2 Å². The Bertz CT molecular complexity index is 836. The van der Waals surface area contributed by atoms with Crippen molar-refractivity contribution in [2.45, 2.75) is 13.1 Å². The van der Waals surface area contributed by atoms with E-state index in [-0.39, 0.29) is 18.8 Å². The van der Waals surface area contributed by atoms with E-state index >= 15 is 0 Å². The largest absolute Gasteiger partial charge is 0.322 e. The normalized spacial score (nSPS) is 10.4. The van der Waals surface area contributed by atoms with Crippen molar-refractivity contribution in [2.24, 2.45) is 0 Å². The molecular weight excluding hydrogens is 399 g/mol. The minimum absolute atomic E-state index is 0.116. The molecule has 7 heteroatoms. The van der Waals surface area contributed by atoms with Crippen LogP contribution in [0.2, 0.25) is 0 Å². The molecule has 0 fully saturated rings. The van der Waals surface area contributed by atoms with Crippen LogP contribution in [0.5, 0.6) is 0 Å². The number of amides is 2. The second kappa shape index (κ2) is 8.53. The van der Waals surface area contributed by atoms with Crippen LogP contribution in [0.25, 0.3) is 0 Å². The number of pyridine rings is 2. The molecule has 2 aromatic heterocycles. The maximum Gasteiger partial charge on any atom is 0.322 e. The van der Waals surface area contributed by atoms with Gasteiger partial charge in [0.2, 0.25) is 0 Å². The lowest BCUT2D eigenvalue weighted by molar-refractivity contribution is 0.205. The number of urea groups is 1. The molecule has 0 aliphatic carbocycles. The summed E-state index contributed by atoms with van der Waals surface area (Å²) < 4.78 is 14.6. The highest BCUT2D eigenvalue weighted by molar-refractivity contribution is 9.10. The molecule has 0 bridgehead atoms. The molecule has 1 N–H and O–H groups in total. The van der Waals surface area contributed by atoms with Crippen LogP contribution in [0.1, 0.15) is 11.4 Å². The molecule has 0 unspecified atom stereocenters. The van der Waals surface area contributed by atoms with Crippen LogP contribution >= 0.6 is 15.9 Å². The van der Waals surface area contributed by atoms with Crippen molar-refractivity contribution >= 4 is 27.6 Å². The van der Waals surface area contributed by atoms with Gasteiger partial charge >= 0.3 is 6.03 Å².